The summed E-state index contributed by atoms with van der Waals surface area (Å²) in [6.45, 7) is 3.97. The molecule has 0 aliphatic carbocycles. The van der Waals surface area contributed by atoms with Crippen molar-refractivity contribution in [3.05, 3.63) is 83.8 Å². The Morgan fingerprint density at radius 3 is 2.62 bits per heavy atom. The molecule has 2 atom stereocenters. The maximum Gasteiger partial charge on any atom is 0.272 e. The molecule has 2 unspecified atom stereocenters. The molecule has 2 aliphatic rings. The molecule has 8 heteroatoms. The average molecular weight is 500 g/mol. The Morgan fingerprint density at radius 2 is 1.84 bits per heavy atom. The highest BCUT2D eigenvalue weighted by molar-refractivity contribution is 5.94. The number of aromatic nitrogens is 2. The van der Waals surface area contributed by atoms with Gasteiger partial charge in [-0.15, -0.1) is 0 Å². The van der Waals surface area contributed by atoms with Crippen LogP contribution in [0, 0.1) is 0 Å². The van der Waals surface area contributed by atoms with Crippen molar-refractivity contribution in [3.8, 4) is 5.88 Å². The summed E-state index contributed by atoms with van der Waals surface area (Å²) in [5.74, 6) is 0.269. The van der Waals surface area contributed by atoms with Gasteiger partial charge in [-0.25, -0.2) is 4.98 Å². The third-order valence-corrected chi connectivity index (χ3v) is 7.44. The van der Waals surface area contributed by atoms with Crippen molar-refractivity contribution in [3.63, 3.8) is 0 Å². The third kappa shape index (κ3) is 5.49. The summed E-state index contributed by atoms with van der Waals surface area (Å²) >= 11 is 0. The van der Waals surface area contributed by atoms with Gasteiger partial charge in [0, 0.05) is 69.3 Å². The van der Waals surface area contributed by atoms with Gasteiger partial charge >= 0.3 is 0 Å². The highest BCUT2D eigenvalue weighted by atomic mass is 16.5. The minimum atomic E-state index is -0.146. The van der Waals surface area contributed by atoms with Crippen LogP contribution in [0.2, 0.25) is 0 Å². The van der Waals surface area contributed by atoms with Crippen molar-refractivity contribution in [1.82, 2.24) is 19.8 Å². The molecular weight excluding hydrogens is 466 g/mol. The van der Waals surface area contributed by atoms with E-state index in [9.17, 15) is 9.59 Å². The Hall–Kier alpha value is -3.78. The van der Waals surface area contributed by atoms with Gasteiger partial charge in [-0.3, -0.25) is 19.5 Å². The van der Waals surface area contributed by atoms with Crippen molar-refractivity contribution in [2.24, 2.45) is 0 Å². The number of nitrogens with zero attached hydrogens (tertiary/aromatic N) is 5. The number of fused-ring (bicyclic) bond motifs is 3. The van der Waals surface area contributed by atoms with Crippen LogP contribution >= 0.6 is 0 Å². The monoisotopic (exact) mass is 499 g/mol. The van der Waals surface area contributed by atoms with E-state index in [1.54, 1.807) is 38.4 Å². The number of pyridine rings is 2. The lowest BCUT2D eigenvalue weighted by atomic mass is 10.1. The lowest BCUT2D eigenvalue weighted by Crippen LogP contribution is -2.45. The van der Waals surface area contributed by atoms with Gasteiger partial charge in [0.25, 0.3) is 5.91 Å². The second-order valence-corrected chi connectivity index (χ2v) is 9.76. The summed E-state index contributed by atoms with van der Waals surface area (Å²) in [6, 6.07) is 17.7. The van der Waals surface area contributed by atoms with Crippen LogP contribution in [0.3, 0.4) is 0 Å². The first-order valence-corrected chi connectivity index (χ1v) is 12.8. The van der Waals surface area contributed by atoms with E-state index in [4.69, 9.17) is 4.74 Å². The zero-order chi connectivity index (χ0) is 25.8. The smallest absolute Gasteiger partial charge is 0.272 e. The molecule has 3 aromatic rings. The van der Waals surface area contributed by atoms with E-state index in [1.807, 2.05) is 46.3 Å². The van der Waals surface area contributed by atoms with Gasteiger partial charge in [0.15, 0.2) is 0 Å². The van der Waals surface area contributed by atoms with E-state index >= 15 is 0 Å². The first-order valence-electron chi connectivity index (χ1n) is 12.8. The second-order valence-electron chi connectivity index (χ2n) is 9.76. The second kappa shape index (κ2) is 11.1. The normalized spacial score (nSPS) is 20.2. The van der Waals surface area contributed by atoms with Crippen molar-refractivity contribution in [1.29, 1.82) is 0 Å². The summed E-state index contributed by atoms with van der Waals surface area (Å²) in [5.41, 5.74) is 3.31. The lowest BCUT2D eigenvalue weighted by molar-refractivity contribution is -0.116. The number of carbonyl (C=O) groups excluding carboxylic acids is 2. The Morgan fingerprint density at radius 1 is 1.00 bits per heavy atom. The lowest BCUT2D eigenvalue weighted by Gasteiger charge is -2.33. The Kier molecular flexibility index (Phi) is 7.46. The molecule has 37 heavy (non-hydrogen) atoms. The molecular formula is C29H33N5O3. The minimum Gasteiger partial charge on any atom is -0.481 e. The van der Waals surface area contributed by atoms with Crippen molar-refractivity contribution in [2.45, 2.75) is 51.4 Å². The molecule has 8 nitrogen and oxygen atoms in total. The molecule has 0 radical (unpaired) electrons. The predicted molar refractivity (Wildman–Crippen MR) is 141 cm³/mol. The van der Waals surface area contributed by atoms with Crippen LogP contribution in [0.4, 0.5) is 5.69 Å². The molecule has 5 rings (SSSR count). The molecule has 0 spiro atoms. The van der Waals surface area contributed by atoms with Crippen LogP contribution in [-0.4, -0.2) is 63.9 Å². The van der Waals surface area contributed by atoms with Crippen LogP contribution in [-0.2, 0) is 17.9 Å². The fourth-order valence-electron chi connectivity index (χ4n) is 5.60. The summed E-state index contributed by atoms with van der Waals surface area (Å²) in [5, 5.41) is 0. The number of hydrogen-bond acceptors (Lipinski definition) is 6. The molecule has 1 saturated heterocycles. The number of para-hydroxylation sites is 1. The fraction of sp³-hybridized carbons (Fsp3) is 0.379. The number of ether oxygens (including phenoxy) is 1. The van der Waals surface area contributed by atoms with E-state index < -0.39 is 0 Å². The maximum atomic E-state index is 13.9. The first kappa shape index (κ1) is 24.9. The number of anilines is 1. The topological polar surface area (TPSA) is 78.9 Å². The SMILES string of the molecule is COc1cccc(C(=O)N2Cc3ccccc3N(C(C)=O)CCC3CCC(C2)N3Cc2cccnc2)n1. The van der Waals surface area contributed by atoms with Crippen LogP contribution in [0.1, 0.15) is 47.8 Å². The molecule has 0 N–H and O–H groups in total. The molecule has 2 aliphatic heterocycles. The van der Waals surface area contributed by atoms with Crippen LogP contribution in [0.25, 0.3) is 0 Å². The highest BCUT2D eigenvalue weighted by Gasteiger charge is 2.37. The minimum absolute atomic E-state index is 0.00684. The molecule has 2 bridgehead atoms. The van der Waals surface area contributed by atoms with Gasteiger partial charge in [0.05, 0.1) is 7.11 Å². The molecule has 1 aromatic carbocycles. The zero-order valence-corrected chi connectivity index (χ0v) is 21.4. The van der Waals surface area contributed by atoms with E-state index in [0.29, 0.717) is 37.3 Å². The number of amides is 2. The molecule has 2 aromatic heterocycles. The Balaban J connectivity index is 1.54. The van der Waals surface area contributed by atoms with Crippen molar-refractivity contribution >= 4 is 17.5 Å². The molecule has 2 amide bonds. The van der Waals surface area contributed by atoms with E-state index in [0.717, 1.165) is 42.6 Å². The summed E-state index contributed by atoms with van der Waals surface area (Å²) in [6.07, 6.45) is 6.58. The van der Waals surface area contributed by atoms with Crippen molar-refractivity contribution in [2.75, 3.05) is 25.1 Å². The van der Waals surface area contributed by atoms with Gasteiger partial charge in [0.2, 0.25) is 11.8 Å². The van der Waals surface area contributed by atoms with Gasteiger partial charge in [-0.2, -0.15) is 0 Å². The van der Waals surface area contributed by atoms with E-state index in [-0.39, 0.29) is 17.9 Å². The zero-order valence-electron chi connectivity index (χ0n) is 21.4. The third-order valence-electron chi connectivity index (χ3n) is 7.44. The molecule has 0 saturated carbocycles. The first-order chi connectivity index (χ1) is 18.0. The Labute approximate surface area is 217 Å². The largest absolute Gasteiger partial charge is 0.481 e. The highest BCUT2D eigenvalue weighted by Crippen LogP contribution is 2.33. The standard InChI is InChI=1S/C29H33N5O3/c1-21(35)33-16-14-24-12-13-25(34(24)18-22-7-6-15-30-17-22)20-32(19-23-8-3-4-10-27(23)33)29(36)26-9-5-11-28(31-26)37-2/h3-11,15,17,24-25H,12-14,16,18-20H2,1-2H3. The molecule has 4 heterocycles. The summed E-state index contributed by atoms with van der Waals surface area (Å²) < 4.78 is 5.28. The maximum absolute atomic E-state index is 13.9. The van der Waals surface area contributed by atoms with Gasteiger partial charge in [-0.1, -0.05) is 30.3 Å². The van der Waals surface area contributed by atoms with E-state index in [2.05, 4.69) is 20.9 Å². The fourth-order valence-corrected chi connectivity index (χ4v) is 5.60. The number of methoxy groups -OCH3 is 1. The predicted octanol–water partition coefficient (Wildman–Crippen LogP) is 3.92. The van der Waals surface area contributed by atoms with Gasteiger partial charge in [-0.05, 0) is 48.6 Å². The van der Waals surface area contributed by atoms with E-state index in [1.165, 1.54) is 0 Å². The molecule has 192 valence electrons. The summed E-state index contributed by atoms with van der Waals surface area (Å²) in [4.78, 5) is 41.7. The van der Waals surface area contributed by atoms with Crippen LogP contribution in [0.5, 0.6) is 5.88 Å². The van der Waals surface area contributed by atoms with Crippen LogP contribution in [0.15, 0.2) is 67.0 Å². The number of rotatable bonds is 4. The number of carbonyl (C=O) groups is 2. The number of benzene rings is 1. The van der Waals surface area contributed by atoms with Crippen LogP contribution < -0.4 is 9.64 Å². The van der Waals surface area contributed by atoms with Crippen molar-refractivity contribution < 1.29 is 14.3 Å². The molecule has 1 fully saturated rings. The van der Waals surface area contributed by atoms with Gasteiger partial charge in [0.1, 0.15) is 5.69 Å². The average Bonchev–Trinajstić information content (AvgIpc) is 3.28. The Bertz CT molecular complexity index is 1250. The number of hydrogen-bond donors (Lipinski definition) is 0. The van der Waals surface area contributed by atoms with Gasteiger partial charge < -0.3 is 14.5 Å². The quantitative estimate of drug-likeness (QED) is 0.542. The summed E-state index contributed by atoms with van der Waals surface area (Å²) in [7, 11) is 1.55.